The van der Waals surface area contributed by atoms with Crippen LogP contribution in [-0.4, -0.2) is 56.8 Å². The van der Waals surface area contributed by atoms with Gasteiger partial charge in [-0.25, -0.2) is 4.79 Å². The van der Waals surface area contributed by atoms with E-state index in [9.17, 15) is 24.9 Å². The summed E-state index contributed by atoms with van der Waals surface area (Å²) in [7, 11) is 0. The molecule has 0 amide bonds. The third-order valence-corrected chi connectivity index (χ3v) is 11.9. The van der Waals surface area contributed by atoms with E-state index in [0.29, 0.717) is 30.3 Å². The SMILES string of the molecule is C=C1[C@@H]2C[C@@H]3[C@H](C(C)C)[C@@H](OC(=O)CC(C)(O)CC(C)CC)C[C@@]3(C)C[C@@H]2C(C)CC[C@@H]2[C@@H](C)OC(=O)[C@H](O)[C@]12O. The van der Waals surface area contributed by atoms with Gasteiger partial charge in [-0.15, -0.1) is 0 Å². The Hall–Kier alpha value is -1.44. The molecule has 3 saturated carbocycles. The van der Waals surface area contributed by atoms with Crippen molar-refractivity contribution in [3.05, 3.63) is 12.2 Å². The first-order chi connectivity index (χ1) is 18.9. The van der Waals surface area contributed by atoms with E-state index >= 15 is 0 Å². The van der Waals surface area contributed by atoms with Gasteiger partial charge in [-0.2, -0.15) is 0 Å². The second kappa shape index (κ2) is 11.6. The van der Waals surface area contributed by atoms with Crippen LogP contribution in [0.5, 0.6) is 0 Å². The summed E-state index contributed by atoms with van der Waals surface area (Å²) in [5.41, 5.74) is -2.29. The number of rotatable bonds is 7. The molecule has 1 saturated heterocycles. The molecule has 4 rings (SSSR count). The lowest BCUT2D eigenvalue weighted by Gasteiger charge is -2.56. The van der Waals surface area contributed by atoms with Gasteiger partial charge in [0, 0.05) is 11.8 Å². The average molecular weight is 577 g/mol. The van der Waals surface area contributed by atoms with Crippen LogP contribution in [0, 0.1) is 52.8 Å². The Bertz CT molecular complexity index is 1010. The fraction of sp³-hybridized carbons (Fsp3) is 0.882. The van der Waals surface area contributed by atoms with E-state index in [1.54, 1.807) is 13.8 Å². The first kappa shape index (κ1) is 32.5. The predicted octanol–water partition coefficient (Wildman–Crippen LogP) is 5.44. The summed E-state index contributed by atoms with van der Waals surface area (Å²) in [6, 6.07) is 0. The van der Waals surface area contributed by atoms with Gasteiger partial charge in [-0.1, -0.05) is 54.5 Å². The van der Waals surface area contributed by atoms with Crippen LogP contribution in [0.4, 0.5) is 0 Å². The Balaban J connectivity index is 1.61. The molecule has 0 aromatic rings. The summed E-state index contributed by atoms with van der Waals surface area (Å²) in [6.07, 6.45) is 3.11. The molecular weight excluding hydrogens is 520 g/mol. The fourth-order valence-electron chi connectivity index (χ4n) is 9.67. The zero-order valence-electron chi connectivity index (χ0n) is 26.7. The van der Waals surface area contributed by atoms with Crippen LogP contribution in [0.25, 0.3) is 0 Å². The van der Waals surface area contributed by atoms with E-state index in [0.717, 1.165) is 32.1 Å². The van der Waals surface area contributed by atoms with Crippen molar-refractivity contribution in [2.75, 3.05) is 0 Å². The maximum absolute atomic E-state index is 13.2. The normalized spacial score (nSPS) is 44.9. The molecule has 4 aliphatic rings. The lowest BCUT2D eigenvalue weighted by atomic mass is 9.51. The summed E-state index contributed by atoms with van der Waals surface area (Å²) in [6.45, 7) is 21.1. The molecule has 0 aromatic carbocycles. The molecule has 0 spiro atoms. The highest BCUT2D eigenvalue weighted by Crippen LogP contribution is 2.64. The van der Waals surface area contributed by atoms with Crippen molar-refractivity contribution in [2.45, 2.75) is 136 Å². The second-order valence-electron chi connectivity index (χ2n) is 15.5. The Morgan fingerprint density at radius 3 is 2.46 bits per heavy atom. The van der Waals surface area contributed by atoms with Crippen molar-refractivity contribution in [1.82, 2.24) is 0 Å². The zero-order valence-corrected chi connectivity index (χ0v) is 26.7. The number of hydrogen-bond acceptors (Lipinski definition) is 7. The summed E-state index contributed by atoms with van der Waals surface area (Å²) in [4.78, 5) is 25.8. The predicted molar refractivity (Wildman–Crippen MR) is 157 cm³/mol. The highest BCUT2D eigenvalue weighted by atomic mass is 16.6. The number of hydrogen-bond donors (Lipinski definition) is 3. The molecule has 1 heterocycles. The Labute approximate surface area is 247 Å². The van der Waals surface area contributed by atoms with Crippen LogP contribution >= 0.6 is 0 Å². The third kappa shape index (κ3) is 5.89. The van der Waals surface area contributed by atoms with E-state index in [2.05, 4.69) is 48.1 Å². The van der Waals surface area contributed by atoms with Crippen LogP contribution in [0.2, 0.25) is 0 Å². The number of carbonyl (C=O) groups is 2. The van der Waals surface area contributed by atoms with Gasteiger partial charge in [0.25, 0.3) is 0 Å². The van der Waals surface area contributed by atoms with Gasteiger partial charge in [-0.05, 0) is 98.9 Å². The van der Waals surface area contributed by atoms with Crippen LogP contribution in [0.3, 0.4) is 0 Å². The maximum atomic E-state index is 13.2. The molecule has 7 nitrogen and oxygen atoms in total. The molecule has 0 radical (unpaired) electrons. The molecule has 3 aliphatic carbocycles. The molecule has 3 unspecified atom stereocenters. The monoisotopic (exact) mass is 576 g/mol. The molecule has 1 aliphatic heterocycles. The number of cyclic esters (lactones) is 1. The van der Waals surface area contributed by atoms with Crippen LogP contribution in [0.1, 0.15) is 107 Å². The van der Waals surface area contributed by atoms with Gasteiger partial charge in [0.05, 0.1) is 12.0 Å². The largest absolute Gasteiger partial charge is 0.462 e. The first-order valence-corrected chi connectivity index (χ1v) is 16.2. The van der Waals surface area contributed by atoms with Crippen molar-refractivity contribution in [2.24, 2.45) is 52.8 Å². The van der Waals surface area contributed by atoms with Gasteiger partial charge >= 0.3 is 11.9 Å². The second-order valence-corrected chi connectivity index (χ2v) is 15.5. The van der Waals surface area contributed by atoms with Crippen molar-refractivity contribution >= 4 is 11.9 Å². The van der Waals surface area contributed by atoms with E-state index in [1.165, 1.54) is 0 Å². The molecule has 7 heteroatoms. The standard InChI is InChI=1S/C34H56O7/c1-10-19(4)14-33(9,38)17-28(35)41-27-16-32(8)15-24-20(5)11-12-25-22(7)40-31(37)30(36)34(25,39)21(6)23(24)13-26(32)29(27)18(2)3/h18-20,22-27,29-30,36,38-39H,6,10-17H2,1-5,7-9H3/t19?,20?,22-,23+,24-,25-,26-,27+,29+,30+,32-,33?,34+/m1/s1. The number of esters is 2. The number of fused-ring (bicyclic) bond motifs is 3. The van der Waals surface area contributed by atoms with Crippen molar-refractivity contribution in [1.29, 1.82) is 0 Å². The van der Waals surface area contributed by atoms with E-state index in [4.69, 9.17) is 9.47 Å². The Kier molecular flexibility index (Phi) is 9.17. The van der Waals surface area contributed by atoms with Gasteiger partial charge in [0.15, 0.2) is 6.10 Å². The summed E-state index contributed by atoms with van der Waals surface area (Å²) < 4.78 is 11.7. The molecule has 4 fully saturated rings. The number of aliphatic hydroxyl groups excluding tert-OH is 1. The Morgan fingerprint density at radius 1 is 1.20 bits per heavy atom. The lowest BCUT2D eigenvalue weighted by Crippen LogP contribution is -2.64. The Morgan fingerprint density at radius 2 is 1.85 bits per heavy atom. The van der Waals surface area contributed by atoms with Gasteiger partial charge in [0.2, 0.25) is 0 Å². The molecule has 41 heavy (non-hydrogen) atoms. The maximum Gasteiger partial charge on any atom is 0.338 e. The molecular formula is C34H56O7. The van der Waals surface area contributed by atoms with Crippen molar-refractivity contribution in [3.63, 3.8) is 0 Å². The van der Waals surface area contributed by atoms with E-state index in [1.807, 2.05) is 0 Å². The highest BCUT2D eigenvalue weighted by molar-refractivity contribution is 5.78. The van der Waals surface area contributed by atoms with Crippen LogP contribution < -0.4 is 0 Å². The minimum atomic E-state index is -1.72. The van der Waals surface area contributed by atoms with E-state index in [-0.39, 0.29) is 53.5 Å². The average Bonchev–Trinajstić information content (AvgIpc) is 3.15. The minimum absolute atomic E-state index is 0.0142. The minimum Gasteiger partial charge on any atom is -0.462 e. The number of carbonyl (C=O) groups excluding carboxylic acids is 2. The summed E-state index contributed by atoms with van der Waals surface area (Å²) in [5.74, 6) is -0.0124. The topological polar surface area (TPSA) is 113 Å². The molecule has 3 N–H and O–H groups in total. The number of ether oxygens (including phenoxy) is 2. The van der Waals surface area contributed by atoms with Gasteiger partial charge < -0.3 is 24.8 Å². The van der Waals surface area contributed by atoms with Crippen molar-refractivity contribution in [3.8, 4) is 0 Å². The summed E-state index contributed by atoms with van der Waals surface area (Å²) >= 11 is 0. The first-order valence-electron chi connectivity index (χ1n) is 16.2. The van der Waals surface area contributed by atoms with Crippen LogP contribution in [0.15, 0.2) is 12.2 Å². The van der Waals surface area contributed by atoms with Gasteiger partial charge in [-0.3, -0.25) is 4.79 Å². The smallest absolute Gasteiger partial charge is 0.338 e. The van der Waals surface area contributed by atoms with Crippen molar-refractivity contribution < 1.29 is 34.4 Å². The third-order valence-electron chi connectivity index (χ3n) is 11.9. The molecule has 0 aromatic heterocycles. The van der Waals surface area contributed by atoms with E-state index < -0.39 is 35.3 Å². The quantitative estimate of drug-likeness (QED) is 0.273. The zero-order chi connectivity index (χ0) is 30.7. The molecule has 0 bridgehead atoms. The fourth-order valence-corrected chi connectivity index (χ4v) is 9.67. The molecule has 13 atom stereocenters. The molecule has 234 valence electrons. The van der Waals surface area contributed by atoms with Crippen LogP contribution in [-0.2, 0) is 19.1 Å². The lowest BCUT2D eigenvalue weighted by molar-refractivity contribution is -0.212. The number of aliphatic hydroxyl groups is 3. The van der Waals surface area contributed by atoms with Gasteiger partial charge in [0.1, 0.15) is 17.8 Å². The highest BCUT2D eigenvalue weighted by Gasteiger charge is 2.63. The summed E-state index contributed by atoms with van der Waals surface area (Å²) in [5, 5.41) is 34.0.